The molecule has 1 aliphatic rings. The van der Waals surface area contributed by atoms with E-state index in [4.69, 9.17) is 10.7 Å². The zero-order valence-electron chi connectivity index (χ0n) is 18.1. The maximum Gasteiger partial charge on any atom is 0.189 e. The second-order valence-corrected chi connectivity index (χ2v) is 7.52. The lowest BCUT2D eigenvalue weighted by molar-refractivity contribution is 0.377. The minimum atomic E-state index is -0.868. The van der Waals surface area contributed by atoms with Crippen molar-refractivity contribution in [2.24, 2.45) is 10.7 Å². The van der Waals surface area contributed by atoms with Gasteiger partial charge in [-0.2, -0.15) is 0 Å². The molecule has 1 fully saturated rings. The van der Waals surface area contributed by atoms with Crippen LogP contribution in [0.25, 0.3) is 22.3 Å². The Morgan fingerprint density at radius 1 is 1.19 bits per heavy atom. The number of nitrogens with one attached hydrogen (secondary N) is 1. The summed E-state index contributed by atoms with van der Waals surface area (Å²) < 4.78 is 14.4. The van der Waals surface area contributed by atoms with E-state index in [-0.39, 0.29) is 11.3 Å². The fourth-order valence-electron chi connectivity index (χ4n) is 3.92. The number of aromatic hydroxyl groups is 1. The molecular weight excluding hydrogens is 395 g/mol. The normalized spacial score (nSPS) is 18.7. The number of benzene rings is 1. The SMILES string of the molecule is CN.CN=Cc1cc(-c2ccc3nc(C4CCNC(C)C4)ccc3n2)c(O)c(F)c1N. The van der Waals surface area contributed by atoms with Crippen LogP contribution in [0.2, 0.25) is 0 Å². The van der Waals surface area contributed by atoms with E-state index >= 15 is 0 Å². The van der Waals surface area contributed by atoms with Crippen molar-refractivity contribution >= 4 is 22.9 Å². The number of aromatic nitrogens is 2. The molecule has 1 aromatic carbocycles. The third-order valence-corrected chi connectivity index (χ3v) is 5.46. The Morgan fingerprint density at radius 2 is 1.90 bits per heavy atom. The number of hydrogen-bond acceptors (Lipinski definition) is 7. The first-order valence-electron chi connectivity index (χ1n) is 10.3. The smallest absolute Gasteiger partial charge is 0.189 e. The number of piperidine rings is 1. The van der Waals surface area contributed by atoms with Crippen LogP contribution >= 0.6 is 0 Å². The summed E-state index contributed by atoms with van der Waals surface area (Å²) in [6.45, 7) is 3.19. The van der Waals surface area contributed by atoms with Gasteiger partial charge >= 0.3 is 0 Å². The van der Waals surface area contributed by atoms with E-state index in [1.807, 2.05) is 18.2 Å². The average Bonchev–Trinajstić information content (AvgIpc) is 2.80. The second-order valence-electron chi connectivity index (χ2n) is 7.52. The van der Waals surface area contributed by atoms with Gasteiger partial charge in [-0.1, -0.05) is 0 Å². The third kappa shape index (κ3) is 4.65. The zero-order chi connectivity index (χ0) is 22.5. The number of nitrogen functional groups attached to an aromatic ring is 1. The highest BCUT2D eigenvalue weighted by Crippen LogP contribution is 2.36. The van der Waals surface area contributed by atoms with Gasteiger partial charge in [-0.25, -0.2) is 9.37 Å². The summed E-state index contributed by atoms with van der Waals surface area (Å²) >= 11 is 0. The van der Waals surface area contributed by atoms with E-state index in [1.54, 1.807) is 19.2 Å². The predicted molar refractivity (Wildman–Crippen MR) is 124 cm³/mol. The molecular formula is C23H29FN6O. The fourth-order valence-corrected chi connectivity index (χ4v) is 3.92. The number of anilines is 1. The zero-order valence-corrected chi connectivity index (χ0v) is 18.1. The van der Waals surface area contributed by atoms with Crippen molar-refractivity contribution in [3.63, 3.8) is 0 Å². The molecule has 8 heteroatoms. The minimum Gasteiger partial charge on any atom is -0.504 e. The van der Waals surface area contributed by atoms with E-state index in [9.17, 15) is 9.50 Å². The van der Waals surface area contributed by atoms with Crippen molar-refractivity contribution in [3.05, 3.63) is 47.4 Å². The molecule has 2 atom stereocenters. The summed E-state index contributed by atoms with van der Waals surface area (Å²) in [7, 11) is 3.07. The Morgan fingerprint density at radius 3 is 2.61 bits per heavy atom. The Balaban J connectivity index is 0.00000132. The molecule has 1 saturated heterocycles. The molecule has 2 aromatic heterocycles. The van der Waals surface area contributed by atoms with Crippen LogP contribution in [0.15, 0.2) is 35.3 Å². The summed E-state index contributed by atoms with van der Waals surface area (Å²) in [6.07, 6.45) is 3.58. The Kier molecular flexibility index (Phi) is 7.14. The highest BCUT2D eigenvalue weighted by molar-refractivity contribution is 5.91. The van der Waals surface area contributed by atoms with Crippen LogP contribution < -0.4 is 16.8 Å². The number of fused-ring (bicyclic) bond motifs is 1. The van der Waals surface area contributed by atoms with Crippen LogP contribution in [0.3, 0.4) is 0 Å². The molecule has 0 saturated carbocycles. The molecule has 0 spiro atoms. The van der Waals surface area contributed by atoms with Crippen LogP contribution in [0.1, 0.15) is 36.9 Å². The summed E-state index contributed by atoms with van der Waals surface area (Å²) in [5.41, 5.74) is 13.8. The molecule has 31 heavy (non-hydrogen) atoms. The lowest BCUT2D eigenvalue weighted by atomic mass is 9.90. The number of pyridine rings is 2. The van der Waals surface area contributed by atoms with Gasteiger partial charge in [0, 0.05) is 42.0 Å². The number of phenolic OH excluding ortho intramolecular Hbond substituents is 1. The first-order valence-corrected chi connectivity index (χ1v) is 10.3. The quantitative estimate of drug-likeness (QED) is 0.378. The monoisotopic (exact) mass is 424 g/mol. The highest BCUT2D eigenvalue weighted by atomic mass is 19.1. The van der Waals surface area contributed by atoms with Crippen LogP contribution in [0.4, 0.5) is 10.1 Å². The van der Waals surface area contributed by atoms with Crippen LogP contribution in [-0.2, 0) is 0 Å². The number of phenols is 1. The van der Waals surface area contributed by atoms with Gasteiger partial charge in [0.05, 0.1) is 22.4 Å². The maximum absolute atomic E-state index is 14.4. The lowest BCUT2D eigenvalue weighted by Gasteiger charge is -2.27. The van der Waals surface area contributed by atoms with Crippen molar-refractivity contribution in [1.82, 2.24) is 15.3 Å². The summed E-state index contributed by atoms with van der Waals surface area (Å²) in [6, 6.07) is 9.62. The molecule has 0 bridgehead atoms. The minimum absolute atomic E-state index is 0.139. The number of nitrogens with zero attached hydrogens (tertiary/aromatic N) is 3. The molecule has 3 aromatic rings. The molecule has 7 nitrogen and oxygen atoms in total. The van der Waals surface area contributed by atoms with Gasteiger partial charge in [0.25, 0.3) is 0 Å². The highest BCUT2D eigenvalue weighted by Gasteiger charge is 2.22. The van der Waals surface area contributed by atoms with Gasteiger partial charge in [0.2, 0.25) is 0 Å². The van der Waals surface area contributed by atoms with Gasteiger partial charge in [-0.05, 0) is 63.7 Å². The fraction of sp³-hybridized carbons (Fsp3) is 0.348. The first kappa shape index (κ1) is 22.6. The topological polar surface area (TPSA) is 122 Å². The maximum atomic E-state index is 14.4. The molecule has 3 heterocycles. The number of halogens is 1. The first-order chi connectivity index (χ1) is 15.0. The lowest BCUT2D eigenvalue weighted by Crippen LogP contribution is -2.35. The third-order valence-electron chi connectivity index (χ3n) is 5.46. The van der Waals surface area contributed by atoms with Gasteiger partial charge in [-0.15, -0.1) is 0 Å². The number of rotatable bonds is 3. The largest absolute Gasteiger partial charge is 0.504 e. The molecule has 4 rings (SSSR count). The number of nitrogens with two attached hydrogens (primary N) is 2. The van der Waals surface area contributed by atoms with E-state index in [0.29, 0.717) is 28.7 Å². The molecule has 1 aliphatic heterocycles. The van der Waals surface area contributed by atoms with Gasteiger partial charge in [0.1, 0.15) is 0 Å². The number of aliphatic imine (C=N–C) groups is 1. The Labute approximate surface area is 181 Å². The summed E-state index contributed by atoms with van der Waals surface area (Å²) in [5, 5.41) is 13.7. The van der Waals surface area contributed by atoms with E-state index in [0.717, 1.165) is 30.6 Å². The Hall–Kier alpha value is -3.10. The molecule has 2 unspecified atom stereocenters. The second kappa shape index (κ2) is 9.80. The van der Waals surface area contributed by atoms with Crippen molar-refractivity contribution in [1.29, 1.82) is 0 Å². The molecule has 0 amide bonds. The van der Waals surface area contributed by atoms with Crippen molar-refractivity contribution in [2.75, 3.05) is 26.4 Å². The average molecular weight is 425 g/mol. The molecule has 164 valence electrons. The van der Waals surface area contributed by atoms with Crippen molar-refractivity contribution < 1.29 is 9.50 Å². The van der Waals surface area contributed by atoms with Gasteiger partial charge in [0.15, 0.2) is 11.6 Å². The van der Waals surface area contributed by atoms with E-state index in [1.165, 1.54) is 13.3 Å². The predicted octanol–water partition coefficient (Wildman–Crippen LogP) is 3.20. The van der Waals surface area contributed by atoms with Crippen molar-refractivity contribution in [2.45, 2.75) is 31.7 Å². The van der Waals surface area contributed by atoms with Crippen LogP contribution in [0.5, 0.6) is 5.75 Å². The van der Waals surface area contributed by atoms with E-state index in [2.05, 4.69) is 28.0 Å². The standard InChI is InChI=1S/C22H24FN5O.CH5N/c1-12-9-13(7-8-26-12)16-3-5-19-18(27-16)6-4-17(28-19)15-10-14(11-25-2)21(24)20(23)22(15)29;1-2/h3-6,10-13,26,29H,7-9,24H2,1-2H3;2H2,1H3. The molecule has 0 radical (unpaired) electrons. The Bertz CT molecular complexity index is 1100. The molecule has 6 N–H and O–H groups in total. The van der Waals surface area contributed by atoms with E-state index < -0.39 is 11.6 Å². The molecule has 0 aliphatic carbocycles. The van der Waals surface area contributed by atoms with Crippen molar-refractivity contribution in [3.8, 4) is 17.0 Å². The summed E-state index contributed by atoms with van der Waals surface area (Å²) in [4.78, 5) is 13.3. The van der Waals surface area contributed by atoms with Gasteiger partial charge in [-0.3, -0.25) is 9.98 Å². The number of hydrogen-bond donors (Lipinski definition) is 4. The summed E-state index contributed by atoms with van der Waals surface area (Å²) in [5.74, 6) is -0.954. The van der Waals surface area contributed by atoms with Crippen LogP contribution in [0, 0.1) is 5.82 Å². The van der Waals surface area contributed by atoms with Crippen LogP contribution in [-0.4, -0.2) is 48.0 Å². The van der Waals surface area contributed by atoms with Gasteiger partial charge < -0.3 is 21.9 Å².